The zero-order valence-electron chi connectivity index (χ0n) is 16.1. The van der Waals surface area contributed by atoms with Crippen molar-refractivity contribution >= 4 is 17.7 Å². The summed E-state index contributed by atoms with van der Waals surface area (Å²) in [5.41, 5.74) is 3.50. The first-order chi connectivity index (χ1) is 14.3. The summed E-state index contributed by atoms with van der Waals surface area (Å²) >= 11 is 1.37. The molecule has 3 aromatic rings. The second-order valence-electron chi connectivity index (χ2n) is 7.03. The van der Waals surface area contributed by atoms with E-state index in [9.17, 15) is 4.79 Å². The fourth-order valence-corrected chi connectivity index (χ4v) is 4.34. The predicted molar refractivity (Wildman–Crippen MR) is 110 cm³/mol. The van der Waals surface area contributed by atoms with Gasteiger partial charge in [0, 0.05) is 6.04 Å². The van der Waals surface area contributed by atoms with E-state index >= 15 is 0 Å². The molecule has 1 amide bonds. The van der Waals surface area contributed by atoms with Crippen LogP contribution in [0, 0.1) is 0 Å². The van der Waals surface area contributed by atoms with Gasteiger partial charge in [-0.3, -0.25) is 14.2 Å². The normalized spacial score (nSPS) is 14.8. The number of aromatic nitrogens is 3. The Hall–Kier alpha value is -2.58. The van der Waals surface area contributed by atoms with Gasteiger partial charge < -0.3 is 4.42 Å². The topological polar surface area (TPSA) is 82.2 Å². The number of furan rings is 1. The van der Waals surface area contributed by atoms with Crippen molar-refractivity contribution in [3.05, 3.63) is 54.3 Å². The lowest BCUT2D eigenvalue weighted by atomic mass is 9.95. The molecule has 29 heavy (non-hydrogen) atoms. The van der Waals surface area contributed by atoms with Crippen LogP contribution in [0.5, 0.6) is 0 Å². The van der Waals surface area contributed by atoms with Crippen LogP contribution in [0.4, 0.5) is 0 Å². The summed E-state index contributed by atoms with van der Waals surface area (Å²) in [6, 6.07) is 13.8. The van der Waals surface area contributed by atoms with Crippen molar-refractivity contribution in [2.24, 2.45) is 0 Å². The van der Waals surface area contributed by atoms with E-state index in [4.69, 9.17) is 9.25 Å². The lowest BCUT2D eigenvalue weighted by molar-refractivity contribution is -0.131. The molecular formula is C21H24N4O3S. The number of nitrogens with zero attached hydrogens (tertiary/aromatic N) is 3. The molecule has 1 aromatic carbocycles. The van der Waals surface area contributed by atoms with Crippen LogP contribution in [0.2, 0.25) is 0 Å². The Labute approximate surface area is 173 Å². The highest BCUT2D eigenvalue weighted by molar-refractivity contribution is 7.99. The minimum atomic E-state index is -0.205. The first-order valence-corrected chi connectivity index (χ1v) is 10.9. The third kappa shape index (κ3) is 5.07. The highest BCUT2D eigenvalue weighted by Gasteiger charge is 2.25. The zero-order valence-corrected chi connectivity index (χ0v) is 16.9. The lowest BCUT2D eigenvalue weighted by Crippen LogP contribution is -2.25. The van der Waals surface area contributed by atoms with Crippen LogP contribution in [-0.2, 0) is 16.2 Å². The fraction of sp³-hybridized carbons (Fsp3) is 0.381. The second kappa shape index (κ2) is 9.76. The minimum absolute atomic E-state index is 0.205. The van der Waals surface area contributed by atoms with E-state index < -0.39 is 0 Å². The van der Waals surface area contributed by atoms with Crippen molar-refractivity contribution in [1.82, 2.24) is 20.2 Å². The van der Waals surface area contributed by atoms with Gasteiger partial charge in [0.25, 0.3) is 5.91 Å². The number of benzene rings is 1. The molecule has 0 atom stereocenters. The molecule has 1 aliphatic rings. The number of hydrogen-bond donors (Lipinski definition) is 1. The monoisotopic (exact) mass is 412 g/mol. The molecule has 0 saturated heterocycles. The molecule has 2 aromatic heterocycles. The molecule has 0 bridgehead atoms. The van der Waals surface area contributed by atoms with E-state index in [0.29, 0.717) is 18.4 Å². The van der Waals surface area contributed by atoms with E-state index in [-0.39, 0.29) is 11.7 Å². The van der Waals surface area contributed by atoms with Crippen LogP contribution >= 0.6 is 11.8 Å². The highest BCUT2D eigenvalue weighted by atomic mass is 32.2. The Morgan fingerprint density at radius 1 is 1.14 bits per heavy atom. The number of hydrogen-bond acceptors (Lipinski definition) is 6. The Balaban J connectivity index is 1.38. The summed E-state index contributed by atoms with van der Waals surface area (Å²) in [7, 11) is 0. The molecule has 1 N–H and O–H groups in total. The zero-order chi connectivity index (χ0) is 19.9. The smallest absolute Gasteiger partial charge is 0.254 e. The standard InChI is InChI=1S/C21H24N4O3S/c26-19(24-28-14-16-8-3-1-4-9-16)15-29-21-23-22-20(18-12-7-13-27-18)25(21)17-10-5-2-6-11-17/h1,3-4,7-9,12-13,17H,2,5-6,10-11,14-15H2,(H,24,26). The van der Waals surface area contributed by atoms with Crippen LogP contribution in [0.15, 0.2) is 58.3 Å². The van der Waals surface area contributed by atoms with Gasteiger partial charge in [0.05, 0.1) is 18.6 Å². The van der Waals surface area contributed by atoms with E-state index in [2.05, 4.69) is 20.2 Å². The molecule has 4 rings (SSSR count). The molecule has 1 fully saturated rings. The van der Waals surface area contributed by atoms with Crippen molar-refractivity contribution in [2.75, 3.05) is 5.75 Å². The van der Waals surface area contributed by atoms with Crippen molar-refractivity contribution in [3.8, 4) is 11.6 Å². The number of nitrogens with one attached hydrogen (secondary N) is 1. The quantitative estimate of drug-likeness (QED) is 0.437. The number of thioether (sulfide) groups is 1. The first-order valence-electron chi connectivity index (χ1n) is 9.87. The van der Waals surface area contributed by atoms with Gasteiger partial charge in [-0.05, 0) is 30.5 Å². The fourth-order valence-electron chi connectivity index (χ4n) is 3.55. The van der Waals surface area contributed by atoms with Crippen LogP contribution in [-0.4, -0.2) is 26.4 Å². The first kappa shape index (κ1) is 19.7. The van der Waals surface area contributed by atoms with Gasteiger partial charge in [-0.15, -0.1) is 10.2 Å². The van der Waals surface area contributed by atoms with Crippen LogP contribution < -0.4 is 5.48 Å². The van der Waals surface area contributed by atoms with Gasteiger partial charge in [0.2, 0.25) is 5.82 Å². The molecule has 152 valence electrons. The van der Waals surface area contributed by atoms with Gasteiger partial charge in [-0.25, -0.2) is 5.48 Å². The van der Waals surface area contributed by atoms with E-state index in [1.807, 2.05) is 42.5 Å². The molecule has 8 heteroatoms. The van der Waals surface area contributed by atoms with Crippen molar-refractivity contribution < 1.29 is 14.0 Å². The Kier molecular flexibility index (Phi) is 6.63. The van der Waals surface area contributed by atoms with Gasteiger partial charge in [0.1, 0.15) is 0 Å². The van der Waals surface area contributed by atoms with Gasteiger partial charge in [-0.2, -0.15) is 0 Å². The maximum Gasteiger partial charge on any atom is 0.254 e. The Morgan fingerprint density at radius 3 is 2.72 bits per heavy atom. The number of hydroxylamine groups is 1. The largest absolute Gasteiger partial charge is 0.461 e. The summed E-state index contributed by atoms with van der Waals surface area (Å²) in [6.45, 7) is 0.331. The lowest BCUT2D eigenvalue weighted by Gasteiger charge is -2.25. The second-order valence-corrected chi connectivity index (χ2v) is 7.98. The molecule has 2 heterocycles. The number of carbonyl (C=O) groups excluding carboxylic acids is 1. The summed E-state index contributed by atoms with van der Waals surface area (Å²) in [5, 5.41) is 9.43. The van der Waals surface area contributed by atoms with Crippen molar-refractivity contribution in [1.29, 1.82) is 0 Å². The molecule has 1 aliphatic carbocycles. The summed E-state index contributed by atoms with van der Waals surface area (Å²) in [6.07, 6.45) is 7.46. The highest BCUT2D eigenvalue weighted by Crippen LogP contribution is 2.35. The number of carbonyl (C=O) groups is 1. The van der Waals surface area contributed by atoms with Gasteiger partial charge in [0.15, 0.2) is 10.9 Å². The summed E-state index contributed by atoms with van der Waals surface area (Å²) < 4.78 is 7.69. The average molecular weight is 413 g/mol. The molecule has 0 spiro atoms. The van der Waals surface area contributed by atoms with Gasteiger partial charge in [-0.1, -0.05) is 61.4 Å². The van der Waals surface area contributed by atoms with E-state index in [0.717, 1.165) is 29.4 Å². The minimum Gasteiger partial charge on any atom is -0.461 e. The SMILES string of the molecule is O=C(CSc1nnc(-c2ccco2)n1C1CCCCC1)NOCc1ccccc1. The molecule has 0 radical (unpaired) electrons. The van der Waals surface area contributed by atoms with Crippen LogP contribution in [0.25, 0.3) is 11.6 Å². The number of rotatable bonds is 8. The van der Waals surface area contributed by atoms with E-state index in [1.165, 1.54) is 31.0 Å². The predicted octanol–water partition coefficient (Wildman–Crippen LogP) is 4.38. The molecule has 1 saturated carbocycles. The Bertz CT molecular complexity index is 905. The summed E-state index contributed by atoms with van der Waals surface area (Å²) in [4.78, 5) is 17.5. The third-order valence-corrected chi connectivity index (χ3v) is 5.89. The number of amides is 1. The Morgan fingerprint density at radius 2 is 1.97 bits per heavy atom. The average Bonchev–Trinajstić information content (AvgIpc) is 3.43. The van der Waals surface area contributed by atoms with Gasteiger partial charge >= 0.3 is 0 Å². The molecular weight excluding hydrogens is 388 g/mol. The van der Waals surface area contributed by atoms with E-state index in [1.54, 1.807) is 6.26 Å². The molecule has 0 unspecified atom stereocenters. The summed E-state index contributed by atoms with van der Waals surface area (Å²) in [5.74, 6) is 1.43. The maximum atomic E-state index is 12.2. The maximum absolute atomic E-state index is 12.2. The molecule has 0 aliphatic heterocycles. The molecule has 7 nitrogen and oxygen atoms in total. The third-order valence-electron chi connectivity index (χ3n) is 4.95. The van der Waals surface area contributed by atoms with Crippen molar-refractivity contribution in [3.63, 3.8) is 0 Å². The van der Waals surface area contributed by atoms with Crippen molar-refractivity contribution in [2.45, 2.75) is 49.9 Å². The van der Waals surface area contributed by atoms with Crippen LogP contribution in [0.3, 0.4) is 0 Å². The van der Waals surface area contributed by atoms with Crippen LogP contribution in [0.1, 0.15) is 43.7 Å².